The third-order valence-electron chi connectivity index (χ3n) is 6.64. The van der Waals surface area contributed by atoms with Gasteiger partial charge in [-0.2, -0.15) is 5.10 Å². The number of rotatable bonds is 5. The lowest BCUT2D eigenvalue weighted by molar-refractivity contribution is 0.0681. The highest BCUT2D eigenvalue weighted by Gasteiger charge is 2.43. The second kappa shape index (κ2) is 9.56. The van der Waals surface area contributed by atoms with E-state index in [4.69, 9.17) is 14.6 Å². The normalized spacial score (nSPS) is 20.6. The summed E-state index contributed by atoms with van der Waals surface area (Å²) in [6.45, 7) is 0. The van der Waals surface area contributed by atoms with Crippen LogP contribution in [0.25, 0.3) is 6.08 Å². The molecule has 0 radical (unpaired) electrons. The Balaban J connectivity index is 1.55. The molecule has 3 aromatic carbocycles. The van der Waals surface area contributed by atoms with E-state index in [0.29, 0.717) is 5.56 Å². The summed E-state index contributed by atoms with van der Waals surface area (Å²) in [6.07, 6.45) is 5.20. The molecule has 0 unspecified atom stereocenters. The van der Waals surface area contributed by atoms with Gasteiger partial charge in [0.15, 0.2) is 0 Å². The van der Waals surface area contributed by atoms with Crippen LogP contribution in [0, 0.1) is 5.92 Å². The summed E-state index contributed by atoms with van der Waals surface area (Å²) < 4.78 is 10.6. The fraction of sp³-hybridized carbons (Fsp3) is 0.241. The average molecular weight is 453 g/mol. The molecule has 34 heavy (non-hydrogen) atoms. The first-order chi connectivity index (χ1) is 16.7. The Labute approximate surface area is 200 Å². The van der Waals surface area contributed by atoms with Gasteiger partial charge in [0, 0.05) is 11.5 Å². The van der Waals surface area contributed by atoms with Gasteiger partial charge in [-0.05, 0) is 78.4 Å². The van der Waals surface area contributed by atoms with Gasteiger partial charge in [-0.25, -0.2) is 5.01 Å². The van der Waals surface area contributed by atoms with Crippen LogP contribution in [0.2, 0.25) is 0 Å². The van der Waals surface area contributed by atoms with Crippen LogP contribution in [0.5, 0.6) is 11.5 Å². The van der Waals surface area contributed by atoms with Crippen LogP contribution in [0.4, 0.5) is 0 Å². The van der Waals surface area contributed by atoms with Gasteiger partial charge in [0.2, 0.25) is 0 Å². The van der Waals surface area contributed by atoms with Crippen molar-refractivity contribution >= 4 is 17.7 Å². The summed E-state index contributed by atoms with van der Waals surface area (Å²) in [5, 5.41) is 6.67. The molecular formula is C29H28N2O3. The molecule has 5 heteroatoms. The topological polar surface area (TPSA) is 51.1 Å². The van der Waals surface area contributed by atoms with Crippen molar-refractivity contribution in [3.63, 3.8) is 0 Å². The number of nitrogens with zero attached hydrogens (tertiary/aromatic N) is 2. The maximum absolute atomic E-state index is 13.6. The highest BCUT2D eigenvalue weighted by Crippen LogP contribution is 2.45. The Hall–Kier alpha value is -3.86. The molecule has 0 spiro atoms. The Morgan fingerprint density at radius 1 is 0.912 bits per heavy atom. The molecule has 0 saturated heterocycles. The van der Waals surface area contributed by atoms with Crippen molar-refractivity contribution < 1.29 is 14.3 Å². The zero-order valence-electron chi connectivity index (χ0n) is 19.5. The molecule has 2 atom stereocenters. The van der Waals surface area contributed by atoms with E-state index in [1.165, 1.54) is 5.57 Å². The standard InChI is InChI=1S/C29H28N2O3/c1-33-24-15-11-20(12-16-24)19-23-9-6-10-26-27(23)30-31(29(32)22-7-4-3-5-8-22)28(26)21-13-17-25(34-2)18-14-21/h3-5,7-8,11-19,26,28H,6,9-10H2,1-2H3/b23-19+/t26-,28+/m0/s1. The summed E-state index contributed by atoms with van der Waals surface area (Å²) in [7, 11) is 3.33. The molecule has 0 aromatic heterocycles. The Morgan fingerprint density at radius 2 is 1.56 bits per heavy atom. The molecule has 1 aliphatic carbocycles. The van der Waals surface area contributed by atoms with Crippen molar-refractivity contribution in [3.8, 4) is 11.5 Å². The minimum Gasteiger partial charge on any atom is -0.497 e. The number of allylic oxidation sites excluding steroid dienone is 1. The highest BCUT2D eigenvalue weighted by molar-refractivity contribution is 6.09. The van der Waals surface area contributed by atoms with Gasteiger partial charge in [0.25, 0.3) is 5.91 Å². The minimum absolute atomic E-state index is 0.0767. The largest absolute Gasteiger partial charge is 0.497 e. The third kappa shape index (κ3) is 4.21. The Kier molecular flexibility index (Phi) is 6.17. The molecule has 1 heterocycles. The molecule has 1 aliphatic heterocycles. The lowest BCUT2D eigenvalue weighted by atomic mass is 9.77. The van der Waals surface area contributed by atoms with Gasteiger partial charge in [0.05, 0.1) is 26.0 Å². The number of carbonyl (C=O) groups excluding carboxylic acids is 1. The minimum atomic E-state index is -0.145. The number of hydrogen-bond acceptors (Lipinski definition) is 4. The van der Waals surface area contributed by atoms with E-state index in [0.717, 1.165) is 47.6 Å². The van der Waals surface area contributed by atoms with E-state index in [-0.39, 0.29) is 17.9 Å². The molecule has 1 amide bonds. The predicted octanol–water partition coefficient (Wildman–Crippen LogP) is 6.14. The van der Waals surface area contributed by atoms with Crippen molar-refractivity contribution in [2.24, 2.45) is 11.0 Å². The van der Waals surface area contributed by atoms with E-state index in [2.05, 4.69) is 30.3 Å². The van der Waals surface area contributed by atoms with Crippen molar-refractivity contribution in [1.29, 1.82) is 0 Å². The molecule has 5 nitrogen and oxygen atoms in total. The van der Waals surface area contributed by atoms with Gasteiger partial charge in [-0.1, -0.05) is 42.5 Å². The lowest BCUT2D eigenvalue weighted by Crippen LogP contribution is -2.31. The summed E-state index contributed by atoms with van der Waals surface area (Å²) in [5.74, 6) is 1.71. The first-order valence-electron chi connectivity index (χ1n) is 11.6. The van der Waals surface area contributed by atoms with Crippen LogP contribution < -0.4 is 9.47 Å². The number of ether oxygens (including phenoxy) is 2. The molecule has 0 bridgehead atoms. The van der Waals surface area contributed by atoms with Crippen LogP contribution in [0.1, 0.15) is 46.8 Å². The number of carbonyl (C=O) groups is 1. The van der Waals surface area contributed by atoms with E-state index < -0.39 is 0 Å². The van der Waals surface area contributed by atoms with Crippen molar-refractivity contribution in [2.75, 3.05) is 14.2 Å². The quantitative estimate of drug-likeness (QED) is 0.467. The predicted molar refractivity (Wildman–Crippen MR) is 134 cm³/mol. The average Bonchev–Trinajstić information content (AvgIpc) is 3.30. The van der Waals surface area contributed by atoms with E-state index in [1.807, 2.05) is 54.6 Å². The van der Waals surface area contributed by atoms with Crippen LogP contribution in [-0.2, 0) is 0 Å². The maximum atomic E-state index is 13.6. The third-order valence-corrected chi connectivity index (χ3v) is 6.64. The highest BCUT2D eigenvalue weighted by atomic mass is 16.5. The number of amides is 1. The fourth-order valence-corrected chi connectivity index (χ4v) is 4.92. The Morgan fingerprint density at radius 3 is 2.21 bits per heavy atom. The smallest absolute Gasteiger partial charge is 0.274 e. The van der Waals surface area contributed by atoms with Crippen molar-refractivity contribution in [3.05, 3.63) is 101 Å². The summed E-state index contributed by atoms with van der Waals surface area (Å²) in [6, 6.07) is 25.3. The van der Waals surface area contributed by atoms with E-state index in [1.54, 1.807) is 19.2 Å². The zero-order valence-corrected chi connectivity index (χ0v) is 19.5. The van der Waals surface area contributed by atoms with Gasteiger partial charge in [-0.3, -0.25) is 4.79 Å². The molecule has 1 fully saturated rings. The van der Waals surface area contributed by atoms with Crippen molar-refractivity contribution in [2.45, 2.75) is 25.3 Å². The van der Waals surface area contributed by atoms with Gasteiger partial charge >= 0.3 is 0 Å². The second-order valence-electron chi connectivity index (χ2n) is 8.66. The number of hydrazone groups is 1. The summed E-state index contributed by atoms with van der Waals surface area (Å²) in [5.41, 5.74) is 5.03. The lowest BCUT2D eigenvalue weighted by Gasteiger charge is -2.29. The SMILES string of the molecule is COc1ccc(/C=C2\CCC[C@H]3C2=NN(C(=O)c2ccccc2)[C@@H]3c2ccc(OC)cc2)cc1. The van der Waals surface area contributed by atoms with Crippen LogP contribution in [0.3, 0.4) is 0 Å². The number of hydrogen-bond donors (Lipinski definition) is 0. The molecule has 3 aromatic rings. The zero-order chi connectivity index (χ0) is 23.5. The van der Waals surface area contributed by atoms with Gasteiger partial charge in [-0.15, -0.1) is 0 Å². The number of methoxy groups -OCH3 is 2. The molecule has 172 valence electrons. The van der Waals surface area contributed by atoms with Crippen molar-refractivity contribution in [1.82, 2.24) is 5.01 Å². The van der Waals surface area contributed by atoms with Crippen LogP contribution in [-0.4, -0.2) is 30.8 Å². The first-order valence-corrected chi connectivity index (χ1v) is 11.6. The number of benzene rings is 3. The fourth-order valence-electron chi connectivity index (χ4n) is 4.92. The first kappa shape index (κ1) is 22.0. The maximum Gasteiger partial charge on any atom is 0.274 e. The summed E-state index contributed by atoms with van der Waals surface area (Å²) >= 11 is 0. The molecule has 0 N–H and O–H groups in total. The molecular weight excluding hydrogens is 424 g/mol. The summed E-state index contributed by atoms with van der Waals surface area (Å²) in [4.78, 5) is 13.6. The van der Waals surface area contributed by atoms with Crippen LogP contribution in [0.15, 0.2) is 89.5 Å². The van der Waals surface area contributed by atoms with Crippen LogP contribution >= 0.6 is 0 Å². The van der Waals surface area contributed by atoms with Gasteiger partial charge in [0.1, 0.15) is 11.5 Å². The molecule has 5 rings (SSSR count). The van der Waals surface area contributed by atoms with Gasteiger partial charge < -0.3 is 9.47 Å². The molecule has 1 saturated carbocycles. The number of fused-ring (bicyclic) bond motifs is 1. The van der Waals surface area contributed by atoms with E-state index in [9.17, 15) is 4.79 Å². The molecule has 2 aliphatic rings. The Bertz CT molecular complexity index is 1210. The van der Waals surface area contributed by atoms with E-state index >= 15 is 0 Å². The second-order valence-corrected chi connectivity index (χ2v) is 8.66. The monoisotopic (exact) mass is 452 g/mol.